The van der Waals surface area contributed by atoms with E-state index in [0.29, 0.717) is 34.6 Å². The Bertz CT molecular complexity index is 1120. The van der Waals surface area contributed by atoms with Crippen molar-refractivity contribution in [1.82, 2.24) is 20.1 Å². The topological polar surface area (TPSA) is 96.6 Å². The fraction of sp³-hybridized carbons (Fsp3) is 0.350. The van der Waals surface area contributed by atoms with E-state index in [1.54, 1.807) is 30.3 Å². The summed E-state index contributed by atoms with van der Waals surface area (Å²) in [5, 5.41) is 7.57. The van der Waals surface area contributed by atoms with E-state index in [-0.39, 0.29) is 5.91 Å². The number of rotatable bonds is 4. The summed E-state index contributed by atoms with van der Waals surface area (Å²) in [5.41, 5.74) is 2.84. The van der Waals surface area contributed by atoms with Crippen molar-refractivity contribution >= 4 is 26.8 Å². The van der Waals surface area contributed by atoms with Crippen LogP contribution in [0, 0.1) is 0 Å². The fourth-order valence-corrected chi connectivity index (χ4v) is 4.16. The van der Waals surface area contributed by atoms with Gasteiger partial charge in [0.25, 0.3) is 5.91 Å². The van der Waals surface area contributed by atoms with Gasteiger partial charge < -0.3 is 4.90 Å². The maximum absolute atomic E-state index is 12.9. The number of nitrogens with zero attached hydrogens (tertiary/aromatic N) is 4. The lowest BCUT2D eigenvalue weighted by molar-refractivity contribution is 0.0761. The third-order valence-corrected chi connectivity index (χ3v) is 6.26. The van der Waals surface area contributed by atoms with Crippen LogP contribution in [0.3, 0.4) is 0 Å². The van der Waals surface area contributed by atoms with Crippen LogP contribution in [0.5, 0.6) is 0 Å². The molecule has 1 aliphatic rings. The Morgan fingerprint density at radius 3 is 2.52 bits per heavy atom. The van der Waals surface area contributed by atoms with Crippen LogP contribution in [0.1, 0.15) is 22.3 Å². The Hall–Kier alpha value is -2.78. The van der Waals surface area contributed by atoms with Gasteiger partial charge in [0.05, 0.1) is 4.90 Å². The highest BCUT2D eigenvalue weighted by atomic mass is 32.2. The van der Waals surface area contributed by atoms with Gasteiger partial charge in [-0.1, -0.05) is 12.1 Å². The number of hydrogen-bond donors (Lipinski definition) is 0. The van der Waals surface area contributed by atoms with Gasteiger partial charge in [-0.05, 0) is 52.6 Å². The van der Waals surface area contributed by atoms with Crippen molar-refractivity contribution in [1.29, 1.82) is 0 Å². The van der Waals surface area contributed by atoms with Gasteiger partial charge in [-0.25, -0.2) is 13.0 Å². The van der Waals surface area contributed by atoms with Crippen LogP contribution in [-0.2, 0) is 16.4 Å². The van der Waals surface area contributed by atoms with Gasteiger partial charge >= 0.3 is 0 Å². The predicted octanol–water partition coefficient (Wildman–Crippen LogP) is 1.97. The second kappa shape index (κ2) is 7.92. The molecule has 0 atom stereocenters. The summed E-state index contributed by atoms with van der Waals surface area (Å²) in [7, 11) is -3.18. The van der Waals surface area contributed by atoms with Crippen LogP contribution in [0.4, 0.5) is 0 Å². The van der Waals surface area contributed by atoms with Gasteiger partial charge in [0, 0.05) is 44.5 Å². The Morgan fingerprint density at radius 2 is 1.76 bits per heavy atom. The number of fused-ring (bicyclic) bond motifs is 1. The number of carbonyl (C=O) groups is 1. The van der Waals surface area contributed by atoms with Gasteiger partial charge in [0.15, 0.2) is 9.84 Å². The van der Waals surface area contributed by atoms with Crippen molar-refractivity contribution < 1.29 is 17.8 Å². The van der Waals surface area contributed by atoms with Crippen molar-refractivity contribution in [2.75, 3.05) is 32.4 Å². The molecule has 1 fully saturated rings. The average molecular weight is 414 g/mol. The zero-order chi connectivity index (χ0) is 20.4. The summed E-state index contributed by atoms with van der Waals surface area (Å²) >= 11 is 0. The molecule has 2 heterocycles. The molecule has 152 valence electrons. The Labute approximate surface area is 169 Å². The smallest absolute Gasteiger partial charge is 0.253 e. The maximum atomic E-state index is 12.9. The van der Waals surface area contributed by atoms with E-state index >= 15 is 0 Å². The zero-order valence-corrected chi connectivity index (χ0v) is 16.9. The minimum atomic E-state index is -3.18. The van der Waals surface area contributed by atoms with Crippen LogP contribution in [-0.4, -0.2) is 66.9 Å². The molecule has 1 saturated heterocycles. The molecule has 8 nitrogen and oxygen atoms in total. The molecule has 0 spiro atoms. The quantitative estimate of drug-likeness (QED) is 0.644. The van der Waals surface area contributed by atoms with Crippen LogP contribution >= 0.6 is 0 Å². The van der Waals surface area contributed by atoms with E-state index in [2.05, 4.69) is 15.2 Å². The van der Waals surface area contributed by atoms with Crippen LogP contribution in [0.2, 0.25) is 0 Å². The lowest BCUT2D eigenvalue weighted by atomic mass is 10.1. The minimum Gasteiger partial charge on any atom is -0.337 e. The Balaban J connectivity index is 1.39. The standard InChI is InChI=1S/C20H22N4O4S/c1-29(26,27)17-6-3-15(4-7-17)14-23-9-2-10-24(12-11-23)20(25)16-5-8-18-19(13-16)22-28-21-18/h3-8,13H,2,9-12,14H2,1H3. The molecule has 3 aromatic rings. The van der Waals surface area contributed by atoms with E-state index in [9.17, 15) is 13.2 Å². The number of amides is 1. The third kappa shape index (κ3) is 4.46. The van der Waals surface area contributed by atoms with Gasteiger partial charge in [-0.2, -0.15) is 0 Å². The van der Waals surface area contributed by atoms with E-state index in [1.165, 1.54) is 6.26 Å². The first-order valence-electron chi connectivity index (χ1n) is 9.43. The van der Waals surface area contributed by atoms with E-state index in [0.717, 1.165) is 31.6 Å². The molecule has 1 aliphatic heterocycles. The molecule has 9 heteroatoms. The SMILES string of the molecule is CS(=O)(=O)c1ccc(CN2CCCN(C(=O)c3ccc4nonc4c3)CC2)cc1. The molecule has 2 aromatic carbocycles. The molecule has 0 radical (unpaired) electrons. The second-order valence-electron chi connectivity index (χ2n) is 7.31. The van der Waals surface area contributed by atoms with Crippen molar-refractivity contribution in [2.45, 2.75) is 17.9 Å². The van der Waals surface area contributed by atoms with Gasteiger partial charge in [0.1, 0.15) is 11.0 Å². The first-order chi connectivity index (χ1) is 13.9. The first kappa shape index (κ1) is 19.5. The summed E-state index contributed by atoms with van der Waals surface area (Å²) in [4.78, 5) is 17.4. The van der Waals surface area contributed by atoms with Gasteiger partial charge in [0.2, 0.25) is 0 Å². The molecular weight excluding hydrogens is 392 g/mol. The van der Waals surface area contributed by atoms with Crippen LogP contribution in [0.25, 0.3) is 11.0 Å². The molecule has 0 unspecified atom stereocenters. The number of aromatic nitrogens is 2. The molecule has 4 rings (SSSR count). The largest absolute Gasteiger partial charge is 0.337 e. The average Bonchev–Trinajstić information content (AvgIpc) is 3.05. The molecule has 29 heavy (non-hydrogen) atoms. The third-order valence-electron chi connectivity index (χ3n) is 5.13. The molecule has 0 N–H and O–H groups in total. The number of sulfone groups is 1. The van der Waals surface area contributed by atoms with E-state index in [4.69, 9.17) is 4.63 Å². The van der Waals surface area contributed by atoms with Crippen LogP contribution < -0.4 is 0 Å². The summed E-state index contributed by atoms with van der Waals surface area (Å²) in [5.74, 6) is -0.0192. The Kier molecular flexibility index (Phi) is 5.33. The Morgan fingerprint density at radius 1 is 1.00 bits per heavy atom. The van der Waals surface area contributed by atoms with Crippen molar-refractivity contribution in [3.8, 4) is 0 Å². The lowest BCUT2D eigenvalue weighted by Crippen LogP contribution is -2.35. The highest BCUT2D eigenvalue weighted by Gasteiger charge is 2.21. The van der Waals surface area contributed by atoms with E-state index in [1.807, 2.05) is 17.0 Å². The molecule has 0 aliphatic carbocycles. The summed E-state index contributed by atoms with van der Waals surface area (Å²) < 4.78 is 27.9. The number of carbonyl (C=O) groups excluding carboxylic acids is 1. The number of benzene rings is 2. The monoisotopic (exact) mass is 414 g/mol. The minimum absolute atomic E-state index is 0.0192. The highest BCUT2D eigenvalue weighted by molar-refractivity contribution is 7.90. The molecule has 0 saturated carbocycles. The first-order valence-corrected chi connectivity index (χ1v) is 11.3. The fourth-order valence-electron chi connectivity index (χ4n) is 3.53. The molecule has 0 bridgehead atoms. The molecule has 1 amide bonds. The predicted molar refractivity (Wildman–Crippen MR) is 107 cm³/mol. The van der Waals surface area contributed by atoms with E-state index < -0.39 is 9.84 Å². The summed E-state index contributed by atoms with van der Waals surface area (Å²) in [6.45, 7) is 3.69. The van der Waals surface area contributed by atoms with Crippen molar-refractivity contribution in [3.05, 3.63) is 53.6 Å². The highest BCUT2D eigenvalue weighted by Crippen LogP contribution is 2.17. The lowest BCUT2D eigenvalue weighted by Gasteiger charge is -2.22. The zero-order valence-electron chi connectivity index (χ0n) is 16.1. The van der Waals surface area contributed by atoms with Crippen molar-refractivity contribution in [3.63, 3.8) is 0 Å². The number of hydrogen-bond acceptors (Lipinski definition) is 7. The molecular formula is C20H22N4O4S. The maximum Gasteiger partial charge on any atom is 0.253 e. The van der Waals surface area contributed by atoms with Crippen molar-refractivity contribution in [2.24, 2.45) is 0 Å². The van der Waals surface area contributed by atoms with Crippen LogP contribution in [0.15, 0.2) is 52.0 Å². The van der Waals surface area contributed by atoms with Gasteiger partial charge in [-0.15, -0.1) is 0 Å². The molecule has 1 aromatic heterocycles. The summed E-state index contributed by atoms with van der Waals surface area (Å²) in [6, 6.07) is 12.2. The second-order valence-corrected chi connectivity index (χ2v) is 9.32. The summed E-state index contributed by atoms with van der Waals surface area (Å²) in [6.07, 6.45) is 2.08. The normalized spacial score (nSPS) is 16.1. The van der Waals surface area contributed by atoms with Gasteiger partial charge in [-0.3, -0.25) is 9.69 Å².